The van der Waals surface area contributed by atoms with Crippen LogP contribution in [0.3, 0.4) is 0 Å². The number of aliphatic hydroxyl groups is 1. The number of carbonyl (C=O) groups is 10. The number of benzene rings is 3. The van der Waals surface area contributed by atoms with Crippen molar-refractivity contribution in [2.24, 2.45) is 10.7 Å². The molecule has 0 aliphatic carbocycles. The van der Waals surface area contributed by atoms with Gasteiger partial charge in [-0.15, -0.1) is 0 Å². The summed E-state index contributed by atoms with van der Waals surface area (Å²) in [4.78, 5) is 136. The third kappa shape index (κ3) is 29.4. The van der Waals surface area contributed by atoms with Crippen LogP contribution < -0.4 is 53.0 Å². The number of halogens is 2. The number of carbonyl (C=O) groups excluding carboxylic acids is 7. The molecule has 8 amide bonds. The highest BCUT2D eigenvalue weighted by Crippen LogP contribution is 2.29. The highest BCUT2D eigenvalue weighted by molar-refractivity contribution is 5.93. The number of carboxylic acids is 3. The number of aliphatic hydroxyl groups excluding tert-OH is 1. The number of phenolic OH excluding ortho intramolecular Hbond substituents is 1. The maximum atomic E-state index is 14.7. The fourth-order valence-corrected chi connectivity index (χ4v) is 9.28. The zero-order valence-electron chi connectivity index (χ0n) is 50.8. The van der Waals surface area contributed by atoms with E-state index in [1.807, 2.05) is 0 Å². The number of unbranched alkanes of at least 4 members (excludes halogenated alkanes) is 1. The molecular formula is C59H84F2N14O16. The topological polar surface area (TPSA) is 429 Å². The summed E-state index contributed by atoms with van der Waals surface area (Å²) < 4.78 is 35.4. The number of phenols is 1. The molecule has 1 unspecified atom stereocenters. The number of ether oxygens (including phenoxy) is 1. The summed E-state index contributed by atoms with van der Waals surface area (Å²) in [5, 5.41) is 68.8. The lowest BCUT2D eigenvalue weighted by Gasteiger charge is -2.32. The molecule has 0 saturated carbocycles. The molecule has 3 aromatic rings. The van der Waals surface area contributed by atoms with Crippen LogP contribution in [0.2, 0.25) is 0 Å². The summed E-state index contributed by atoms with van der Waals surface area (Å²) in [6.07, 6.45) is 0.944. The van der Waals surface area contributed by atoms with Gasteiger partial charge in [-0.1, -0.05) is 49.4 Å². The van der Waals surface area contributed by atoms with Crippen LogP contribution in [0.1, 0.15) is 68.1 Å². The van der Waals surface area contributed by atoms with Crippen LogP contribution in [0, 0.1) is 11.6 Å². The first-order valence-corrected chi connectivity index (χ1v) is 29.7. The van der Waals surface area contributed by atoms with Crippen molar-refractivity contribution in [3.8, 4) is 11.5 Å². The predicted octanol–water partition coefficient (Wildman–Crippen LogP) is -1.74. The first-order valence-electron chi connectivity index (χ1n) is 29.7. The molecule has 15 N–H and O–H groups in total. The molecule has 500 valence electrons. The first kappa shape index (κ1) is 74.4. The van der Waals surface area contributed by atoms with Crippen molar-refractivity contribution in [2.75, 3.05) is 124 Å². The molecule has 4 rings (SSSR count). The summed E-state index contributed by atoms with van der Waals surface area (Å²) >= 11 is 0. The summed E-state index contributed by atoms with van der Waals surface area (Å²) in [7, 11) is 0. The smallest absolute Gasteiger partial charge is 0.344 e. The van der Waals surface area contributed by atoms with E-state index in [1.165, 1.54) is 0 Å². The number of aliphatic imine (C=N–C) groups is 1. The fraction of sp³-hybridized carbons (Fsp3) is 0.508. The Morgan fingerprint density at radius 3 is 1.68 bits per heavy atom. The van der Waals surface area contributed by atoms with Gasteiger partial charge < -0.3 is 78.5 Å². The molecule has 0 spiro atoms. The van der Waals surface area contributed by atoms with Gasteiger partial charge in [-0.05, 0) is 48.9 Å². The van der Waals surface area contributed by atoms with Crippen LogP contribution in [0.15, 0.2) is 71.7 Å². The zero-order chi connectivity index (χ0) is 66.7. The van der Waals surface area contributed by atoms with E-state index in [2.05, 4.69) is 47.5 Å². The number of hydrogen-bond donors (Lipinski definition) is 14. The first-order chi connectivity index (χ1) is 43.5. The molecular weight excluding hydrogens is 1200 g/mol. The lowest BCUT2D eigenvalue weighted by molar-refractivity contribution is -0.140. The van der Waals surface area contributed by atoms with Crippen molar-refractivity contribution < 1.29 is 87.0 Å². The number of urea groups is 1. The van der Waals surface area contributed by atoms with Crippen molar-refractivity contribution in [1.82, 2.24) is 62.1 Å². The third-order valence-corrected chi connectivity index (χ3v) is 14.0. The van der Waals surface area contributed by atoms with Crippen LogP contribution in [-0.2, 0) is 49.7 Å². The molecule has 0 aromatic heterocycles. The number of carboxylic acid groups (broad SMARTS) is 3. The lowest BCUT2D eigenvalue weighted by Crippen LogP contribution is -2.50. The molecule has 3 atom stereocenters. The Bertz CT molecular complexity index is 2880. The molecule has 30 nitrogen and oxygen atoms in total. The number of amides is 8. The number of nitrogens with zero attached hydrogens (tertiary/aromatic N) is 5. The van der Waals surface area contributed by atoms with Crippen LogP contribution in [0.5, 0.6) is 11.5 Å². The van der Waals surface area contributed by atoms with Gasteiger partial charge in [-0.3, -0.25) is 62.8 Å². The van der Waals surface area contributed by atoms with Gasteiger partial charge in [0.05, 0.1) is 45.3 Å². The molecule has 1 aliphatic rings. The van der Waals surface area contributed by atoms with Crippen molar-refractivity contribution in [2.45, 2.75) is 70.0 Å². The van der Waals surface area contributed by atoms with Gasteiger partial charge in [0.15, 0.2) is 5.96 Å². The number of rotatable bonds is 35. The van der Waals surface area contributed by atoms with Gasteiger partial charge in [0.25, 0.3) is 0 Å². The Kier molecular flexibility index (Phi) is 33.1. The van der Waals surface area contributed by atoms with Crippen molar-refractivity contribution >= 4 is 65.3 Å². The maximum Gasteiger partial charge on any atom is 0.344 e. The van der Waals surface area contributed by atoms with Gasteiger partial charge in [0.2, 0.25) is 35.4 Å². The van der Waals surface area contributed by atoms with E-state index in [0.29, 0.717) is 41.9 Å². The van der Waals surface area contributed by atoms with Gasteiger partial charge >= 0.3 is 23.9 Å². The second kappa shape index (κ2) is 40.5. The second-order valence-corrected chi connectivity index (χ2v) is 21.1. The quantitative estimate of drug-likeness (QED) is 0.0177. The average Bonchev–Trinajstić information content (AvgIpc) is 1.31. The lowest BCUT2D eigenvalue weighted by atomic mass is 9.90. The van der Waals surface area contributed by atoms with Crippen molar-refractivity contribution in [3.05, 3.63) is 95.1 Å². The minimum Gasteiger partial charge on any atom is -0.508 e. The van der Waals surface area contributed by atoms with E-state index in [1.54, 1.807) is 81.1 Å². The minimum atomic E-state index is -1.32. The number of hydrogen-bond acceptors (Lipinski definition) is 17. The van der Waals surface area contributed by atoms with E-state index >= 15 is 0 Å². The van der Waals surface area contributed by atoms with Crippen LogP contribution >= 0.6 is 0 Å². The fourth-order valence-electron chi connectivity index (χ4n) is 9.28. The summed E-state index contributed by atoms with van der Waals surface area (Å²) in [5.41, 5.74) is 6.36. The number of aromatic hydroxyl groups is 1. The average molecular weight is 1280 g/mol. The SMILES string of the molecule is CCC(=O)NCCNC(=O)/N=C(/N)NCCC[C@@H](NC(=O)C(c1ccccc1)c1cccc(OCCCCNC(=O)[C@@H](CO)NC(=O)CCNC(=O)CN2CCN(CC(=O)O)CCN(CC(=O)O)CCN(CC(=O)O)CC2)c1)C(=O)NCc1c(F)cc(O)cc1F. The molecule has 1 fully saturated rings. The molecule has 0 radical (unpaired) electrons. The Balaban J connectivity index is 1.29. The summed E-state index contributed by atoms with van der Waals surface area (Å²) in [6, 6.07) is 13.3. The van der Waals surface area contributed by atoms with E-state index in [0.717, 1.165) is 0 Å². The highest BCUT2D eigenvalue weighted by atomic mass is 19.1. The van der Waals surface area contributed by atoms with Gasteiger partial charge in [-0.25, -0.2) is 13.6 Å². The van der Waals surface area contributed by atoms with E-state index in [9.17, 15) is 82.3 Å². The molecule has 1 saturated heterocycles. The van der Waals surface area contributed by atoms with Crippen molar-refractivity contribution in [3.63, 3.8) is 0 Å². The Labute approximate surface area is 524 Å². The summed E-state index contributed by atoms with van der Waals surface area (Å²) in [6.45, 7) is 1.26. The normalized spacial score (nSPS) is 14.8. The largest absolute Gasteiger partial charge is 0.508 e. The Morgan fingerprint density at radius 2 is 1.11 bits per heavy atom. The second-order valence-electron chi connectivity index (χ2n) is 21.1. The number of guanidine groups is 1. The van der Waals surface area contributed by atoms with Crippen LogP contribution in [0.4, 0.5) is 13.6 Å². The van der Waals surface area contributed by atoms with Crippen LogP contribution in [0.25, 0.3) is 0 Å². The van der Waals surface area contributed by atoms with Crippen LogP contribution in [-0.4, -0.2) is 247 Å². The molecule has 3 aromatic carbocycles. The molecule has 1 aliphatic heterocycles. The predicted molar refractivity (Wildman–Crippen MR) is 325 cm³/mol. The van der Waals surface area contributed by atoms with Crippen molar-refractivity contribution in [1.29, 1.82) is 0 Å². The zero-order valence-corrected chi connectivity index (χ0v) is 50.8. The van der Waals surface area contributed by atoms with Gasteiger partial charge in [0, 0.05) is 122 Å². The molecule has 32 heteroatoms. The molecule has 0 bridgehead atoms. The van der Waals surface area contributed by atoms with E-state index in [4.69, 9.17) is 10.5 Å². The third-order valence-electron chi connectivity index (χ3n) is 14.0. The standard InChI is InChI=1S/C59H84F2N14O16/c1-2-48(78)64-19-20-67-59(90)71-58(62)66-17-9-14-46(55(87)68-33-43-44(60)31-41(77)32-45(43)61)70-57(89)54(39-10-4-3-5-11-39)40-12-8-13-42(30-40)91-29-7-6-16-65-56(88)47(38-76)69-49(79)15-18-63-50(80)34-72-21-23-73(35-51(81)82)25-27-75(37-53(85)86)28-26-74(24-22-72)36-52(83)84/h3-5,8,10-13,30-32,46-47,54,76-77H,2,6-7,9,14-29,33-38H2,1H3,(H,63,80)(H,64,78)(H,65,88)(H,68,87)(H,69,79)(H,70,89)(H,81,82)(H,83,84)(H,85,86)(H4,62,66,67,71,90)/t46-,47-,54?/m1/s1. The molecule has 1 heterocycles. The monoisotopic (exact) mass is 1280 g/mol. The highest BCUT2D eigenvalue weighted by Gasteiger charge is 2.30. The Morgan fingerprint density at radius 1 is 0.571 bits per heavy atom. The van der Waals surface area contributed by atoms with Gasteiger partial charge in [-0.2, -0.15) is 4.99 Å². The van der Waals surface area contributed by atoms with E-state index in [-0.39, 0.29) is 155 Å². The van der Waals surface area contributed by atoms with Gasteiger partial charge in [0.1, 0.15) is 35.2 Å². The number of aliphatic carboxylic acids is 3. The van der Waals surface area contributed by atoms with E-state index < -0.39 is 108 Å². The minimum absolute atomic E-state index is 0.0457. The number of nitrogens with two attached hydrogens (primary N) is 1. The Hall–Kier alpha value is -9.11. The summed E-state index contributed by atoms with van der Waals surface area (Å²) in [5.74, 6) is -10.5. The molecule has 91 heavy (non-hydrogen) atoms. The maximum absolute atomic E-state index is 14.7. The number of nitrogens with one attached hydrogen (secondary N) is 8.